The van der Waals surface area contributed by atoms with Crippen LogP contribution in [0.5, 0.6) is 5.75 Å². The zero-order valence-corrected chi connectivity index (χ0v) is 12.7. The standard InChI is InChI=1S/C15H24N2O3/c1-5-11(2)17(6-7-19-3)15(18)12-8-13(16)10-14(9-12)20-4/h8-11H,5-7,16H2,1-4H3. The third kappa shape index (κ3) is 4.13. The number of hydrogen-bond acceptors (Lipinski definition) is 4. The normalized spacial score (nSPS) is 12.0. The number of rotatable bonds is 7. The molecule has 0 saturated heterocycles. The quantitative estimate of drug-likeness (QED) is 0.777. The lowest BCUT2D eigenvalue weighted by Gasteiger charge is -2.28. The minimum absolute atomic E-state index is 0.0537. The van der Waals surface area contributed by atoms with Crippen LogP contribution in [-0.4, -0.2) is 44.2 Å². The third-order valence-corrected chi connectivity index (χ3v) is 3.33. The van der Waals surface area contributed by atoms with Gasteiger partial charge in [-0.05, 0) is 25.5 Å². The van der Waals surface area contributed by atoms with E-state index >= 15 is 0 Å². The maximum absolute atomic E-state index is 12.6. The van der Waals surface area contributed by atoms with Gasteiger partial charge in [-0.1, -0.05) is 6.92 Å². The Morgan fingerprint density at radius 3 is 2.60 bits per heavy atom. The predicted molar refractivity (Wildman–Crippen MR) is 80.1 cm³/mol. The number of nitrogens with two attached hydrogens (primary N) is 1. The SMILES string of the molecule is CCC(C)N(CCOC)C(=O)c1cc(N)cc(OC)c1. The fourth-order valence-corrected chi connectivity index (χ4v) is 1.96. The molecule has 20 heavy (non-hydrogen) atoms. The van der Waals surface area contributed by atoms with E-state index < -0.39 is 0 Å². The van der Waals surface area contributed by atoms with Gasteiger partial charge in [0.05, 0.1) is 13.7 Å². The van der Waals surface area contributed by atoms with E-state index in [9.17, 15) is 4.79 Å². The summed E-state index contributed by atoms with van der Waals surface area (Å²) in [4.78, 5) is 14.4. The van der Waals surface area contributed by atoms with Crippen LogP contribution in [0, 0.1) is 0 Å². The summed E-state index contributed by atoms with van der Waals surface area (Å²) in [7, 11) is 3.18. The van der Waals surface area contributed by atoms with E-state index in [0.717, 1.165) is 6.42 Å². The third-order valence-electron chi connectivity index (χ3n) is 3.33. The Balaban J connectivity index is 3.01. The molecule has 0 bridgehead atoms. The first-order valence-corrected chi connectivity index (χ1v) is 6.77. The maximum atomic E-state index is 12.6. The van der Waals surface area contributed by atoms with Crippen molar-refractivity contribution in [2.24, 2.45) is 0 Å². The average Bonchev–Trinajstić information content (AvgIpc) is 2.46. The Hall–Kier alpha value is -1.75. The molecule has 1 unspecified atom stereocenters. The zero-order chi connectivity index (χ0) is 15.1. The van der Waals surface area contributed by atoms with Gasteiger partial charge in [0.25, 0.3) is 5.91 Å². The molecule has 1 atom stereocenters. The van der Waals surface area contributed by atoms with Crippen molar-refractivity contribution in [1.82, 2.24) is 4.90 Å². The highest BCUT2D eigenvalue weighted by atomic mass is 16.5. The number of nitrogens with zero attached hydrogens (tertiary/aromatic N) is 1. The first-order chi connectivity index (χ1) is 9.53. The van der Waals surface area contributed by atoms with Crippen molar-refractivity contribution in [1.29, 1.82) is 0 Å². The van der Waals surface area contributed by atoms with E-state index in [0.29, 0.717) is 30.2 Å². The van der Waals surface area contributed by atoms with Crippen LogP contribution in [-0.2, 0) is 4.74 Å². The molecule has 0 spiro atoms. The average molecular weight is 280 g/mol. The lowest BCUT2D eigenvalue weighted by Crippen LogP contribution is -2.40. The van der Waals surface area contributed by atoms with Crippen molar-refractivity contribution in [2.45, 2.75) is 26.3 Å². The Bertz CT molecular complexity index is 449. The summed E-state index contributed by atoms with van der Waals surface area (Å²) in [6, 6.07) is 5.22. The molecule has 0 aromatic heterocycles. The van der Waals surface area contributed by atoms with E-state index in [-0.39, 0.29) is 11.9 Å². The molecule has 2 N–H and O–H groups in total. The van der Waals surface area contributed by atoms with Crippen LogP contribution >= 0.6 is 0 Å². The zero-order valence-electron chi connectivity index (χ0n) is 12.7. The van der Waals surface area contributed by atoms with Crippen molar-refractivity contribution in [3.05, 3.63) is 23.8 Å². The van der Waals surface area contributed by atoms with E-state index in [4.69, 9.17) is 15.2 Å². The van der Waals surface area contributed by atoms with Gasteiger partial charge in [0.2, 0.25) is 0 Å². The van der Waals surface area contributed by atoms with Crippen LogP contribution in [0.4, 0.5) is 5.69 Å². The van der Waals surface area contributed by atoms with Gasteiger partial charge in [-0.15, -0.1) is 0 Å². The minimum Gasteiger partial charge on any atom is -0.497 e. The van der Waals surface area contributed by atoms with Gasteiger partial charge in [0.1, 0.15) is 5.75 Å². The fourth-order valence-electron chi connectivity index (χ4n) is 1.96. The lowest BCUT2D eigenvalue weighted by atomic mass is 10.1. The maximum Gasteiger partial charge on any atom is 0.254 e. The summed E-state index contributed by atoms with van der Waals surface area (Å²) in [5.74, 6) is 0.534. The predicted octanol–water partition coefficient (Wildman–Crippen LogP) is 2.16. The molecule has 5 nitrogen and oxygen atoms in total. The summed E-state index contributed by atoms with van der Waals surface area (Å²) in [5.41, 5.74) is 6.86. The van der Waals surface area contributed by atoms with E-state index in [2.05, 4.69) is 6.92 Å². The molecule has 0 radical (unpaired) electrons. The Morgan fingerprint density at radius 2 is 2.05 bits per heavy atom. The topological polar surface area (TPSA) is 64.8 Å². The molecule has 0 heterocycles. The van der Waals surface area contributed by atoms with Crippen molar-refractivity contribution < 1.29 is 14.3 Å². The first kappa shape index (κ1) is 16.3. The highest BCUT2D eigenvalue weighted by molar-refractivity contribution is 5.95. The largest absolute Gasteiger partial charge is 0.497 e. The second-order valence-electron chi connectivity index (χ2n) is 4.74. The van der Waals surface area contributed by atoms with Crippen LogP contribution in [0.15, 0.2) is 18.2 Å². The van der Waals surface area contributed by atoms with Gasteiger partial charge in [0.15, 0.2) is 0 Å². The van der Waals surface area contributed by atoms with E-state index in [1.54, 1.807) is 37.3 Å². The molecular weight excluding hydrogens is 256 g/mol. The van der Waals surface area contributed by atoms with Crippen LogP contribution in [0.1, 0.15) is 30.6 Å². The van der Waals surface area contributed by atoms with Crippen LogP contribution < -0.4 is 10.5 Å². The van der Waals surface area contributed by atoms with Gasteiger partial charge < -0.3 is 20.1 Å². The number of hydrogen-bond donors (Lipinski definition) is 1. The Kier molecular flexibility index (Phi) is 6.31. The molecule has 1 amide bonds. The number of carbonyl (C=O) groups excluding carboxylic acids is 1. The molecule has 112 valence electrons. The van der Waals surface area contributed by atoms with Crippen molar-refractivity contribution in [3.8, 4) is 5.75 Å². The molecule has 0 aliphatic rings. The van der Waals surface area contributed by atoms with Gasteiger partial charge >= 0.3 is 0 Å². The second-order valence-corrected chi connectivity index (χ2v) is 4.74. The smallest absolute Gasteiger partial charge is 0.254 e. The van der Waals surface area contributed by atoms with Crippen LogP contribution in [0.2, 0.25) is 0 Å². The van der Waals surface area contributed by atoms with Gasteiger partial charge in [-0.3, -0.25) is 4.79 Å². The number of carbonyl (C=O) groups is 1. The molecule has 0 aliphatic heterocycles. The van der Waals surface area contributed by atoms with E-state index in [1.165, 1.54) is 0 Å². The number of nitrogen functional groups attached to an aromatic ring is 1. The number of anilines is 1. The summed E-state index contributed by atoms with van der Waals surface area (Å²) in [6.07, 6.45) is 0.884. The Labute approximate surface area is 120 Å². The highest BCUT2D eigenvalue weighted by Gasteiger charge is 2.21. The van der Waals surface area contributed by atoms with Crippen molar-refractivity contribution >= 4 is 11.6 Å². The lowest BCUT2D eigenvalue weighted by molar-refractivity contribution is 0.0613. The number of methoxy groups -OCH3 is 2. The van der Waals surface area contributed by atoms with E-state index in [1.807, 2.05) is 6.92 Å². The monoisotopic (exact) mass is 280 g/mol. The molecule has 0 saturated carbocycles. The summed E-state index contributed by atoms with van der Waals surface area (Å²) in [6.45, 7) is 5.14. The summed E-state index contributed by atoms with van der Waals surface area (Å²) >= 11 is 0. The number of ether oxygens (including phenoxy) is 2. The highest BCUT2D eigenvalue weighted by Crippen LogP contribution is 2.20. The van der Waals surface area contributed by atoms with Gasteiger partial charge in [-0.2, -0.15) is 0 Å². The molecular formula is C15H24N2O3. The molecule has 5 heteroatoms. The summed E-state index contributed by atoms with van der Waals surface area (Å²) in [5, 5.41) is 0. The second kappa shape index (κ2) is 7.75. The fraction of sp³-hybridized carbons (Fsp3) is 0.533. The Morgan fingerprint density at radius 1 is 1.35 bits per heavy atom. The molecule has 1 rings (SSSR count). The summed E-state index contributed by atoms with van der Waals surface area (Å²) < 4.78 is 10.2. The molecule has 0 aliphatic carbocycles. The first-order valence-electron chi connectivity index (χ1n) is 6.77. The molecule has 1 aromatic carbocycles. The van der Waals surface area contributed by atoms with Crippen LogP contribution in [0.3, 0.4) is 0 Å². The minimum atomic E-state index is -0.0537. The van der Waals surface area contributed by atoms with Gasteiger partial charge in [0, 0.05) is 37.0 Å². The number of benzene rings is 1. The number of amides is 1. The molecule has 1 aromatic rings. The van der Waals surface area contributed by atoms with Crippen molar-refractivity contribution in [2.75, 3.05) is 33.1 Å². The van der Waals surface area contributed by atoms with Crippen LogP contribution in [0.25, 0.3) is 0 Å². The molecule has 0 fully saturated rings. The van der Waals surface area contributed by atoms with Crippen molar-refractivity contribution in [3.63, 3.8) is 0 Å². The van der Waals surface area contributed by atoms with Gasteiger partial charge in [-0.25, -0.2) is 0 Å².